The van der Waals surface area contributed by atoms with Gasteiger partial charge in [0.05, 0.1) is 13.2 Å². The maximum absolute atomic E-state index is 14.3. The van der Waals surface area contributed by atoms with Crippen molar-refractivity contribution in [3.05, 3.63) is 48.1 Å². The summed E-state index contributed by atoms with van der Waals surface area (Å²) < 4.78 is 35.1. The van der Waals surface area contributed by atoms with Gasteiger partial charge >= 0.3 is 0 Å². The zero-order valence-electron chi connectivity index (χ0n) is 11.5. The summed E-state index contributed by atoms with van der Waals surface area (Å²) >= 11 is 1.71. The predicted octanol–water partition coefficient (Wildman–Crippen LogP) is 2.60. The number of thioether (sulfide) groups is 1. The third-order valence-corrected chi connectivity index (χ3v) is 5.00. The Bertz CT molecular complexity index is 623. The molecule has 1 saturated heterocycles. The summed E-state index contributed by atoms with van der Waals surface area (Å²) in [7, 11) is 0. The molecule has 0 N–H and O–H groups in total. The molecule has 0 spiro atoms. The predicted molar refractivity (Wildman–Crippen MR) is 75.9 cm³/mol. The highest BCUT2D eigenvalue weighted by molar-refractivity contribution is 8.00. The van der Waals surface area contributed by atoms with E-state index in [0.717, 1.165) is 11.8 Å². The van der Waals surface area contributed by atoms with E-state index in [9.17, 15) is 8.78 Å². The zero-order valence-corrected chi connectivity index (χ0v) is 12.3. The van der Waals surface area contributed by atoms with E-state index < -0.39 is 17.2 Å². The number of rotatable bonds is 3. The van der Waals surface area contributed by atoms with Crippen LogP contribution in [0.15, 0.2) is 30.9 Å². The lowest BCUT2D eigenvalue weighted by Gasteiger charge is -2.42. The van der Waals surface area contributed by atoms with Crippen molar-refractivity contribution in [3.63, 3.8) is 0 Å². The Balaban J connectivity index is 2.06. The van der Waals surface area contributed by atoms with E-state index in [1.165, 1.54) is 18.5 Å². The Morgan fingerprint density at radius 3 is 3.00 bits per heavy atom. The SMILES string of the molecule is C[C@H]1SCCO[C@@]1(Cn1cncn1)c1ccc(F)cc1F. The van der Waals surface area contributed by atoms with Crippen LogP contribution in [0.1, 0.15) is 12.5 Å². The van der Waals surface area contributed by atoms with E-state index in [2.05, 4.69) is 10.1 Å². The van der Waals surface area contributed by atoms with Gasteiger partial charge in [0, 0.05) is 22.6 Å². The minimum absolute atomic E-state index is 0.00964. The summed E-state index contributed by atoms with van der Waals surface area (Å²) in [4.78, 5) is 3.91. The molecule has 1 fully saturated rings. The maximum Gasteiger partial charge on any atom is 0.137 e. The third kappa shape index (κ3) is 2.67. The first-order valence-electron chi connectivity index (χ1n) is 6.65. The number of aromatic nitrogens is 3. The van der Waals surface area contributed by atoms with Crippen molar-refractivity contribution in [2.75, 3.05) is 12.4 Å². The highest BCUT2D eigenvalue weighted by Gasteiger charge is 2.44. The molecule has 21 heavy (non-hydrogen) atoms. The molecule has 112 valence electrons. The Morgan fingerprint density at radius 1 is 1.48 bits per heavy atom. The normalized spacial score (nSPS) is 26.0. The van der Waals surface area contributed by atoms with Gasteiger partial charge in [0.2, 0.25) is 0 Å². The van der Waals surface area contributed by atoms with Crippen LogP contribution in [0.4, 0.5) is 8.78 Å². The van der Waals surface area contributed by atoms with Gasteiger partial charge in [-0.1, -0.05) is 13.0 Å². The van der Waals surface area contributed by atoms with Crippen LogP contribution in [0.3, 0.4) is 0 Å². The number of benzene rings is 1. The van der Waals surface area contributed by atoms with Crippen LogP contribution in [0.2, 0.25) is 0 Å². The van der Waals surface area contributed by atoms with Gasteiger partial charge < -0.3 is 4.74 Å². The Kier molecular flexibility index (Phi) is 3.95. The summed E-state index contributed by atoms with van der Waals surface area (Å²) in [5.74, 6) is -0.337. The van der Waals surface area contributed by atoms with Crippen molar-refractivity contribution in [2.24, 2.45) is 0 Å². The largest absolute Gasteiger partial charge is 0.366 e. The molecule has 7 heteroatoms. The van der Waals surface area contributed by atoms with Crippen LogP contribution >= 0.6 is 11.8 Å². The third-order valence-electron chi connectivity index (χ3n) is 3.72. The molecule has 0 radical (unpaired) electrons. The van der Waals surface area contributed by atoms with Gasteiger partial charge in [-0.05, 0) is 6.07 Å². The molecular weight excluding hydrogens is 296 g/mol. The Morgan fingerprint density at radius 2 is 2.33 bits per heavy atom. The molecule has 0 amide bonds. The lowest BCUT2D eigenvalue weighted by Crippen LogP contribution is -2.47. The van der Waals surface area contributed by atoms with Gasteiger partial charge in [-0.15, -0.1) is 0 Å². The number of hydrogen-bond acceptors (Lipinski definition) is 4. The van der Waals surface area contributed by atoms with Crippen LogP contribution in [0.25, 0.3) is 0 Å². The molecule has 3 rings (SSSR count). The van der Waals surface area contributed by atoms with Gasteiger partial charge in [0.25, 0.3) is 0 Å². The molecule has 4 nitrogen and oxygen atoms in total. The maximum atomic E-state index is 14.3. The Labute approximate surface area is 125 Å². The summed E-state index contributed by atoms with van der Waals surface area (Å²) in [6, 6.07) is 3.62. The van der Waals surface area contributed by atoms with Crippen LogP contribution in [-0.2, 0) is 16.9 Å². The van der Waals surface area contributed by atoms with Gasteiger partial charge in [0.15, 0.2) is 0 Å². The average Bonchev–Trinajstić information content (AvgIpc) is 2.94. The Hall–Kier alpha value is -1.47. The van der Waals surface area contributed by atoms with Crippen molar-refractivity contribution in [1.82, 2.24) is 14.8 Å². The number of ether oxygens (including phenoxy) is 1. The van der Waals surface area contributed by atoms with Crippen LogP contribution in [0.5, 0.6) is 0 Å². The molecule has 2 aromatic rings. The molecule has 1 aromatic carbocycles. The molecule has 1 aliphatic rings. The second kappa shape index (κ2) is 5.73. The van der Waals surface area contributed by atoms with Crippen LogP contribution < -0.4 is 0 Å². The molecular formula is C14H15F2N3OS. The first-order valence-corrected chi connectivity index (χ1v) is 7.70. The fraction of sp³-hybridized carbons (Fsp3) is 0.429. The summed E-state index contributed by atoms with van der Waals surface area (Å²) in [5, 5.41) is 4.09. The van der Waals surface area contributed by atoms with Crippen molar-refractivity contribution < 1.29 is 13.5 Å². The molecule has 2 heterocycles. The van der Waals surface area contributed by atoms with Crippen molar-refractivity contribution >= 4 is 11.8 Å². The van der Waals surface area contributed by atoms with E-state index in [4.69, 9.17) is 4.74 Å². The van der Waals surface area contributed by atoms with Crippen molar-refractivity contribution in [1.29, 1.82) is 0 Å². The lowest BCUT2D eigenvalue weighted by atomic mass is 9.89. The highest BCUT2D eigenvalue weighted by Crippen LogP contribution is 2.42. The molecule has 0 unspecified atom stereocenters. The zero-order chi connectivity index (χ0) is 14.9. The van der Waals surface area contributed by atoms with Crippen molar-refractivity contribution in [2.45, 2.75) is 24.3 Å². The first-order chi connectivity index (χ1) is 10.1. The number of hydrogen-bond donors (Lipinski definition) is 0. The number of nitrogens with zero attached hydrogens (tertiary/aromatic N) is 3. The van der Waals surface area contributed by atoms with Gasteiger partial charge in [-0.25, -0.2) is 18.4 Å². The van der Waals surface area contributed by atoms with Gasteiger partial charge in [0.1, 0.15) is 29.9 Å². The topological polar surface area (TPSA) is 39.9 Å². The molecule has 0 saturated carbocycles. The quantitative estimate of drug-likeness (QED) is 0.873. The van der Waals surface area contributed by atoms with E-state index >= 15 is 0 Å². The standard InChI is InChI=1S/C14H15F2N3OS/c1-10-14(20-4-5-21-10,7-19-9-17-8-18-19)12-3-2-11(15)6-13(12)16/h2-3,6,8-10H,4-5,7H2,1H3/t10-,14-/m1/s1. The van der Waals surface area contributed by atoms with E-state index in [0.29, 0.717) is 18.7 Å². The molecule has 0 aliphatic carbocycles. The molecule has 1 aliphatic heterocycles. The second-order valence-electron chi connectivity index (χ2n) is 4.97. The average molecular weight is 311 g/mol. The fourth-order valence-electron chi connectivity index (χ4n) is 2.64. The fourth-order valence-corrected chi connectivity index (χ4v) is 3.72. The molecule has 0 bridgehead atoms. The lowest BCUT2D eigenvalue weighted by molar-refractivity contribution is -0.0649. The highest BCUT2D eigenvalue weighted by atomic mass is 32.2. The summed E-state index contributed by atoms with van der Waals surface area (Å²) in [6.45, 7) is 2.84. The molecule has 2 atom stereocenters. The van der Waals surface area contributed by atoms with E-state index in [1.807, 2.05) is 6.92 Å². The summed E-state index contributed by atoms with van der Waals surface area (Å²) in [6.07, 6.45) is 2.99. The van der Waals surface area contributed by atoms with Gasteiger partial charge in [-0.3, -0.25) is 0 Å². The minimum Gasteiger partial charge on any atom is -0.366 e. The monoisotopic (exact) mass is 311 g/mol. The van der Waals surface area contributed by atoms with E-state index in [1.54, 1.807) is 22.8 Å². The van der Waals surface area contributed by atoms with Crippen LogP contribution in [0, 0.1) is 11.6 Å². The minimum atomic E-state index is -0.881. The van der Waals surface area contributed by atoms with Gasteiger partial charge in [-0.2, -0.15) is 16.9 Å². The number of halogens is 2. The smallest absolute Gasteiger partial charge is 0.137 e. The van der Waals surface area contributed by atoms with Crippen molar-refractivity contribution in [3.8, 4) is 0 Å². The second-order valence-corrected chi connectivity index (χ2v) is 6.42. The molecule has 1 aromatic heterocycles. The van der Waals surface area contributed by atoms with Crippen LogP contribution in [-0.4, -0.2) is 32.4 Å². The first kappa shape index (κ1) is 14.5. The van der Waals surface area contributed by atoms with E-state index in [-0.39, 0.29) is 5.25 Å². The summed E-state index contributed by atoms with van der Waals surface area (Å²) in [5.41, 5.74) is -0.520.